The number of halogens is 1. The summed E-state index contributed by atoms with van der Waals surface area (Å²) in [7, 11) is 1.07. The lowest BCUT2D eigenvalue weighted by Crippen LogP contribution is -2.26. The Bertz CT molecular complexity index is 244. The SMILES string of the molecule is [B]C(CO)OC(/C=C/P(=O)(O)O)COI. The Labute approximate surface area is 103 Å². The monoisotopic (exact) mass is 348 g/mol. The van der Waals surface area contributed by atoms with E-state index < -0.39 is 19.7 Å². The second kappa shape index (κ2) is 7.78. The van der Waals surface area contributed by atoms with E-state index in [1.165, 1.54) is 0 Å². The third kappa shape index (κ3) is 9.49. The summed E-state index contributed by atoms with van der Waals surface area (Å²) in [4.78, 5) is 17.1. The molecule has 15 heavy (non-hydrogen) atoms. The lowest BCUT2D eigenvalue weighted by Gasteiger charge is -2.17. The Morgan fingerprint density at radius 1 is 1.53 bits per heavy atom. The fourth-order valence-corrected chi connectivity index (χ4v) is 1.45. The van der Waals surface area contributed by atoms with Gasteiger partial charge in [-0.3, -0.25) is 4.57 Å². The number of hydrogen-bond donors (Lipinski definition) is 3. The first-order chi connectivity index (χ1) is 6.89. The van der Waals surface area contributed by atoms with Gasteiger partial charge in [0.15, 0.2) is 0 Å². The van der Waals surface area contributed by atoms with Gasteiger partial charge >= 0.3 is 7.60 Å². The average Bonchev–Trinajstić information content (AvgIpc) is 2.13. The van der Waals surface area contributed by atoms with Crippen molar-refractivity contribution in [3.63, 3.8) is 0 Å². The summed E-state index contributed by atoms with van der Waals surface area (Å²) >= 11 is 1.61. The van der Waals surface area contributed by atoms with Gasteiger partial charge in [-0.25, -0.2) is 0 Å². The third-order valence-corrected chi connectivity index (χ3v) is 2.17. The topological polar surface area (TPSA) is 96.2 Å². The van der Waals surface area contributed by atoms with Crippen molar-refractivity contribution in [1.82, 2.24) is 0 Å². The lowest BCUT2D eigenvalue weighted by molar-refractivity contribution is 0.0128. The van der Waals surface area contributed by atoms with E-state index >= 15 is 0 Å². The molecular formula is C6H11BIO6P. The standard InChI is InChI=1S/C6H11BIO6P/c7-6(3-9)14-5(4-13-8)1-2-15(10,11)12/h1-2,5-6,9H,3-4H2,(H2,10,11,12)/b2-1+. The van der Waals surface area contributed by atoms with Gasteiger partial charge in [0.1, 0.15) is 30.9 Å². The summed E-state index contributed by atoms with van der Waals surface area (Å²) < 4.78 is 20.2. The summed E-state index contributed by atoms with van der Waals surface area (Å²) in [6, 6.07) is -0.914. The minimum atomic E-state index is -4.22. The first kappa shape index (κ1) is 15.6. The van der Waals surface area contributed by atoms with E-state index in [1.807, 2.05) is 0 Å². The second-order valence-corrected chi connectivity index (χ2v) is 4.70. The largest absolute Gasteiger partial charge is 0.395 e. The van der Waals surface area contributed by atoms with Crippen molar-refractivity contribution >= 4 is 38.4 Å². The fraction of sp³-hybridized carbons (Fsp3) is 0.667. The van der Waals surface area contributed by atoms with Crippen LogP contribution in [0.25, 0.3) is 0 Å². The Morgan fingerprint density at radius 3 is 2.53 bits per heavy atom. The molecule has 0 aliphatic heterocycles. The highest BCUT2D eigenvalue weighted by atomic mass is 127. The van der Waals surface area contributed by atoms with Crippen molar-refractivity contribution in [1.29, 1.82) is 0 Å². The van der Waals surface area contributed by atoms with Crippen LogP contribution in [-0.4, -0.2) is 48.1 Å². The van der Waals surface area contributed by atoms with Crippen molar-refractivity contribution in [3.05, 3.63) is 11.9 Å². The minimum absolute atomic E-state index is 0.0742. The molecule has 86 valence electrons. The molecular weight excluding hydrogens is 337 g/mol. The van der Waals surface area contributed by atoms with E-state index in [-0.39, 0.29) is 13.2 Å². The molecule has 0 aromatic heterocycles. The smallest absolute Gasteiger partial charge is 0.348 e. The Kier molecular flexibility index (Phi) is 8.07. The van der Waals surface area contributed by atoms with Crippen molar-refractivity contribution < 1.29 is 27.3 Å². The van der Waals surface area contributed by atoms with Crippen molar-refractivity contribution in [2.45, 2.75) is 12.1 Å². The third-order valence-electron chi connectivity index (χ3n) is 1.25. The summed E-state index contributed by atoms with van der Waals surface area (Å²) in [6.07, 6.45) is 0.436. The Balaban J connectivity index is 4.27. The summed E-state index contributed by atoms with van der Waals surface area (Å²) in [5, 5.41) is 8.61. The molecule has 0 amide bonds. The Hall–Kier alpha value is 0.565. The van der Waals surface area contributed by atoms with Crippen molar-refractivity contribution in [2.75, 3.05) is 13.2 Å². The van der Waals surface area contributed by atoms with Crippen molar-refractivity contribution in [3.8, 4) is 0 Å². The molecule has 0 bridgehead atoms. The maximum absolute atomic E-state index is 10.5. The van der Waals surface area contributed by atoms with E-state index in [9.17, 15) is 4.57 Å². The first-order valence-electron chi connectivity index (χ1n) is 3.89. The molecule has 0 saturated carbocycles. The summed E-state index contributed by atoms with van der Waals surface area (Å²) in [5.41, 5.74) is 0. The Morgan fingerprint density at radius 2 is 2.13 bits per heavy atom. The average molecular weight is 348 g/mol. The molecule has 0 saturated heterocycles. The predicted molar refractivity (Wildman–Crippen MR) is 62.7 cm³/mol. The molecule has 6 nitrogen and oxygen atoms in total. The quantitative estimate of drug-likeness (QED) is 0.338. The molecule has 0 rings (SSSR count). The van der Waals surface area contributed by atoms with Gasteiger partial charge < -0.3 is 22.7 Å². The number of ether oxygens (including phenoxy) is 1. The molecule has 0 aromatic carbocycles. The normalized spacial score (nSPS) is 16.8. The predicted octanol–water partition coefficient (Wildman–Crippen LogP) is -0.0835. The summed E-state index contributed by atoms with van der Waals surface area (Å²) in [6.45, 7) is -0.313. The van der Waals surface area contributed by atoms with Crippen molar-refractivity contribution in [2.24, 2.45) is 0 Å². The molecule has 2 atom stereocenters. The van der Waals surface area contributed by atoms with Crippen LogP contribution in [0.15, 0.2) is 11.9 Å². The highest BCUT2D eigenvalue weighted by Crippen LogP contribution is 2.36. The molecule has 3 N–H and O–H groups in total. The molecule has 0 aliphatic rings. The van der Waals surface area contributed by atoms with Gasteiger partial charge in [0.05, 0.1) is 19.3 Å². The van der Waals surface area contributed by atoms with Gasteiger partial charge in [0, 0.05) is 11.8 Å². The highest BCUT2D eigenvalue weighted by molar-refractivity contribution is 14.1. The van der Waals surface area contributed by atoms with E-state index in [4.69, 9.17) is 30.5 Å². The number of aliphatic hydroxyl groups is 1. The molecule has 0 heterocycles. The van der Waals surface area contributed by atoms with E-state index in [0.29, 0.717) is 5.82 Å². The van der Waals surface area contributed by atoms with Crippen LogP contribution in [0.2, 0.25) is 0 Å². The van der Waals surface area contributed by atoms with Gasteiger partial charge in [-0.1, -0.05) is 0 Å². The van der Waals surface area contributed by atoms with Crippen LogP contribution in [0.1, 0.15) is 0 Å². The number of hydrogen-bond acceptors (Lipinski definition) is 4. The van der Waals surface area contributed by atoms with Crippen LogP contribution in [0.5, 0.6) is 0 Å². The van der Waals surface area contributed by atoms with Crippen LogP contribution in [0.3, 0.4) is 0 Å². The van der Waals surface area contributed by atoms with Gasteiger partial charge in [-0.15, -0.1) is 0 Å². The zero-order valence-corrected chi connectivity index (χ0v) is 10.7. The van der Waals surface area contributed by atoms with Gasteiger partial charge in [-0.2, -0.15) is 0 Å². The molecule has 0 aliphatic carbocycles. The maximum Gasteiger partial charge on any atom is 0.348 e. The van der Waals surface area contributed by atoms with Crippen LogP contribution in [-0.2, 0) is 12.4 Å². The number of rotatable bonds is 7. The second-order valence-electron chi connectivity index (χ2n) is 2.60. The number of aliphatic hydroxyl groups excluding tert-OH is 1. The summed E-state index contributed by atoms with van der Waals surface area (Å²) in [5.74, 6) is 0.706. The van der Waals surface area contributed by atoms with Crippen LogP contribution >= 0.6 is 30.6 Å². The van der Waals surface area contributed by atoms with Gasteiger partial charge in [0.25, 0.3) is 0 Å². The highest BCUT2D eigenvalue weighted by Gasteiger charge is 2.13. The molecule has 2 radical (unpaired) electrons. The molecule has 0 spiro atoms. The molecule has 9 heteroatoms. The van der Waals surface area contributed by atoms with Gasteiger partial charge in [-0.05, 0) is 6.08 Å². The molecule has 0 fully saturated rings. The fourth-order valence-electron chi connectivity index (χ4n) is 0.678. The minimum Gasteiger partial charge on any atom is -0.395 e. The van der Waals surface area contributed by atoms with E-state index in [1.54, 1.807) is 23.0 Å². The van der Waals surface area contributed by atoms with Gasteiger partial charge in [0.2, 0.25) is 0 Å². The zero-order valence-electron chi connectivity index (χ0n) is 7.69. The maximum atomic E-state index is 10.5. The van der Waals surface area contributed by atoms with Crippen LogP contribution < -0.4 is 0 Å². The zero-order chi connectivity index (χ0) is 11.9. The first-order valence-corrected chi connectivity index (χ1v) is 6.45. The molecule has 2 unspecified atom stereocenters. The van der Waals surface area contributed by atoms with Crippen LogP contribution in [0.4, 0.5) is 0 Å². The lowest BCUT2D eigenvalue weighted by atomic mass is 10.0. The van der Waals surface area contributed by atoms with Crippen LogP contribution in [0, 0.1) is 0 Å². The van der Waals surface area contributed by atoms with E-state index in [0.717, 1.165) is 6.08 Å². The molecule has 0 aromatic rings. The van der Waals surface area contributed by atoms with E-state index in [2.05, 4.69) is 0 Å².